The van der Waals surface area contributed by atoms with Crippen LogP contribution in [0.15, 0.2) is 24.3 Å². The fourth-order valence-electron chi connectivity index (χ4n) is 2.91. The minimum absolute atomic E-state index is 0.468. The molecule has 1 heterocycles. The second-order valence-corrected chi connectivity index (χ2v) is 5.95. The van der Waals surface area contributed by atoms with Crippen LogP contribution in [0.1, 0.15) is 30.9 Å². The Morgan fingerprint density at radius 2 is 2.00 bits per heavy atom. The molecule has 1 saturated heterocycles. The normalized spacial score (nSPS) is 19.4. The van der Waals surface area contributed by atoms with E-state index < -0.39 is 6.10 Å². The highest BCUT2D eigenvalue weighted by atomic mass is 16.3. The minimum atomic E-state index is -0.468. The summed E-state index contributed by atoms with van der Waals surface area (Å²) < 4.78 is 0. The summed E-state index contributed by atoms with van der Waals surface area (Å²) in [6.07, 6.45) is 2.70. The predicted octanol–water partition coefficient (Wildman–Crippen LogP) is 1.72. The van der Waals surface area contributed by atoms with Gasteiger partial charge < -0.3 is 20.6 Å². The summed E-state index contributed by atoms with van der Waals surface area (Å²) in [4.78, 5) is 4.76. The van der Waals surface area contributed by atoms with Crippen LogP contribution in [0.3, 0.4) is 0 Å². The fourth-order valence-corrected chi connectivity index (χ4v) is 2.91. The maximum absolute atomic E-state index is 10.3. The number of hydrogen-bond donors (Lipinski definition) is 2. The van der Waals surface area contributed by atoms with Crippen molar-refractivity contribution < 1.29 is 5.11 Å². The van der Waals surface area contributed by atoms with Gasteiger partial charge in [0.15, 0.2) is 0 Å². The molecule has 0 saturated carbocycles. The van der Waals surface area contributed by atoms with Crippen LogP contribution >= 0.6 is 0 Å². The maximum Gasteiger partial charge on any atom is 0.0822 e. The summed E-state index contributed by atoms with van der Waals surface area (Å²) in [6.45, 7) is 3.25. The Morgan fingerprint density at radius 3 is 2.65 bits per heavy atom. The van der Waals surface area contributed by atoms with Crippen molar-refractivity contribution >= 4 is 5.69 Å². The van der Waals surface area contributed by atoms with Gasteiger partial charge in [-0.3, -0.25) is 0 Å². The molecule has 1 atom stereocenters. The zero-order valence-electron chi connectivity index (χ0n) is 12.6. The fraction of sp³-hybridized carbons (Fsp3) is 0.625. The lowest BCUT2D eigenvalue weighted by Gasteiger charge is -2.35. The first kappa shape index (κ1) is 15.3. The smallest absolute Gasteiger partial charge is 0.0822 e. The van der Waals surface area contributed by atoms with Gasteiger partial charge in [0.05, 0.1) is 6.10 Å². The Morgan fingerprint density at radius 1 is 1.35 bits per heavy atom. The number of piperidine rings is 1. The topological polar surface area (TPSA) is 52.7 Å². The van der Waals surface area contributed by atoms with Gasteiger partial charge in [0.1, 0.15) is 0 Å². The Balaban J connectivity index is 1.81. The highest BCUT2D eigenvalue weighted by Crippen LogP contribution is 2.23. The first-order chi connectivity index (χ1) is 9.58. The van der Waals surface area contributed by atoms with Crippen molar-refractivity contribution in [3.63, 3.8) is 0 Å². The third-order valence-electron chi connectivity index (χ3n) is 4.42. The summed E-state index contributed by atoms with van der Waals surface area (Å²) >= 11 is 0. The summed E-state index contributed by atoms with van der Waals surface area (Å²) in [7, 11) is 4.34. The van der Waals surface area contributed by atoms with Gasteiger partial charge in [-0.05, 0) is 52.5 Å². The van der Waals surface area contributed by atoms with Crippen LogP contribution in [0.4, 0.5) is 5.69 Å². The molecule has 4 heteroatoms. The van der Waals surface area contributed by atoms with Crippen LogP contribution in [-0.2, 0) is 0 Å². The van der Waals surface area contributed by atoms with Gasteiger partial charge in [-0.2, -0.15) is 0 Å². The summed E-state index contributed by atoms with van der Waals surface area (Å²) in [6, 6.07) is 8.23. The highest BCUT2D eigenvalue weighted by Gasteiger charge is 2.21. The van der Waals surface area contributed by atoms with E-state index >= 15 is 0 Å². The van der Waals surface area contributed by atoms with E-state index in [4.69, 9.17) is 5.73 Å². The highest BCUT2D eigenvalue weighted by molar-refractivity contribution is 5.47. The standard InChI is InChI=1S/C16H27N3O/c1-18-10-7-13(8-11-18)19(2)12-9-16(20)14-5-3-4-6-15(14)17/h3-6,13,16,20H,7-12,17H2,1-2H3. The number of para-hydroxylation sites is 1. The number of nitrogen functional groups attached to an aromatic ring is 1. The monoisotopic (exact) mass is 277 g/mol. The SMILES string of the molecule is CN1CCC(N(C)CCC(O)c2ccccc2N)CC1. The molecular formula is C16H27N3O. The molecule has 1 unspecified atom stereocenters. The Bertz CT molecular complexity index is 416. The molecule has 112 valence electrons. The number of hydrogen-bond acceptors (Lipinski definition) is 4. The van der Waals surface area contributed by atoms with Gasteiger partial charge >= 0.3 is 0 Å². The van der Waals surface area contributed by atoms with Crippen molar-refractivity contribution in [2.45, 2.75) is 31.4 Å². The second-order valence-electron chi connectivity index (χ2n) is 5.95. The molecule has 20 heavy (non-hydrogen) atoms. The first-order valence-electron chi connectivity index (χ1n) is 7.49. The van der Waals surface area contributed by atoms with Crippen LogP contribution in [0.5, 0.6) is 0 Å². The van der Waals surface area contributed by atoms with Gasteiger partial charge in [-0.25, -0.2) is 0 Å². The van der Waals surface area contributed by atoms with Crippen molar-refractivity contribution in [2.75, 3.05) is 39.5 Å². The van der Waals surface area contributed by atoms with E-state index in [0.717, 1.165) is 18.5 Å². The average molecular weight is 277 g/mol. The second kappa shape index (κ2) is 7.07. The predicted molar refractivity (Wildman–Crippen MR) is 83.6 cm³/mol. The number of anilines is 1. The van der Waals surface area contributed by atoms with Crippen LogP contribution in [0, 0.1) is 0 Å². The molecule has 0 aliphatic carbocycles. The molecule has 1 fully saturated rings. The minimum Gasteiger partial charge on any atom is -0.398 e. The Hall–Kier alpha value is -1.10. The molecule has 0 radical (unpaired) electrons. The lowest BCUT2D eigenvalue weighted by Crippen LogP contribution is -2.42. The number of nitrogens with zero attached hydrogens (tertiary/aromatic N) is 2. The maximum atomic E-state index is 10.3. The lowest BCUT2D eigenvalue weighted by molar-refractivity contribution is 0.110. The molecular weight excluding hydrogens is 250 g/mol. The Kier molecular flexibility index (Phi) is 5.40. The van der Waals surface area contributed by atoms with Crippen molar-refractivity contribution in [3.05, 3.63) is 29.8 Å². The van der Waals surface area contributed by atoms with E-state index in [9.17, 15) is 5.11 Å². The number of rotatable bonds is 5. The molecule has 1 aromatic carbocycles. The quantitative estimate of drug-likeness (QED) is 0.805. The first-order valence-corrected chi connectivity index (χ1v) is 7.49. The molecule has 2 rings (SSSR count). The summed E-state index contributed by atoms with van der Waals surface area (Å²) in [5, 5.41) is 10.3. The summed E-state index contributed by atoms with van der Waals surface area (Å²) in [5.74, 6) is 0. The molecule has 0 spiro atoms. The van der Waals surface area contributed by atoms with Crippen molar-refractivity contribution in [1.29, 1.82) is 0 Å². The third-order valence-corrected chi connectivity index (χ3v) is 4.42. The number of likely N-dealkylation sites (tertiary alicyclic amines) is 1. The average Bonchev–Trinajstić information content (AvgIpc) is 2.45. The molecule has 0 aromatic heterocycles. The molecule has 3 N–H and O–H groups in total. The van der Waals surface area contributed by atoms with Gasteiger partial charge in [0, 0.05) is 23.8 Å². The molecule has 4 nitrogen and oxygen atoms in total. The van der Waals surface area contributed by atoms with E-state index in [1.807, 2.05) is 24.3 Å². The number of aliphatic hydroxyl groups excluding tert-OH is 1. The lowest BCUT2D eigenvalue weighted by atomic mass is 10.0. The van der Waals surface area contributed by atoms with Gasteiger partial charge in [-0.15, -0.1) is 0 Å². The molecule has 0 bridgehead atoms. The van der Waals surface area contributed by atoms with Crippen molar-refractivity contribution in [3.8, 4) is 0 Å². The molecule has 1 aromatic rings. The molecule has 1 aliphatic heterocycles. The van der Waals surface area contributed by atoms with E-state index in [1.54, 1.807) is 0 Å². The van der Waals surface area contributed by atoms with Gasteiger partial charge in [0.2, 0.25) is 0 Å². The Labute approximate surface area is 122 Å². The zero-order valence-corrected chi connectivity index (χ0v) is 12.6. The van der Waals surface area contributed by atoms with Crippen LogP contribution in [0.25, 0.3) is 0 Å². The van der Waals surface area contributed by atoms with Crippen LogP contribution in [-0.4, -0.2) is 54.7 Å². The van der Waals surface area contributed by atoms with Crippen molar-refractivity contribution in [2.24, 2.45) is 0 Å². The number of nitrogens with two attached hydrogens (primary N) is 1. The number of aliphatic hydroxyl groups is 1. The van der Waals surface area contributed by atoms with E-state index in [2.05, 4.69) is 23.9 Å². The van der Waals surface area contributed by atoms with E-state index in [0.29, 0.717) is 11.7 Å². The molecule has 1 aliphatic rings. The van der Waals surface area contributed by atoms with Gasteiger partial charge in [0.25, 0.3) is 0 Å². The molecule has 0 amide bonds. The number of benzene rings is 1. The zero-order chi connectivity index (χ0) is 14.5. The van der Waals surface area contributed by atoms with E-state index in [1.165, 1.54) is 25.9 Å². The summed E-state index contributed by atoms with van der Waals surface area (Å²) in [5.41, 5.74) is 7.44. The van der Waals surface area contributed by atoms with Crippen LogP contribution < -0.4 is 5.73 Å². The van der Waals surface area contributed by atoms with Gasteiger partial charge in [-0.1, -0.05) is 18.2 Å². The largest absolute Gasteiger partial charge is 0.398 e. The van der Waals surface area contributed by atoms with Crippen LogP contribution in [0.2, 0.25) is 0 Å². The van der Waals surface area contributed by atoms with E-state index in [-0.39, 0.29) is 0 Å². The third kappa shape index (κ3) is 3.95. The van der Waals surface area contributed by atoms with Crippen molar-refractivity contribution in [1.82, 2.24) is 9.80 Å².